The van der Waals surface area contributed by atoms with E-state index in [4.69, 9.17) is 10.00 Å². The molecule has 2 rings (SSSR count). The SMILES string of the molecule is COC(=O)C[C@H](NC(=O)[C@@H](C)Oc1ccc(C#N)cc1)c1ccc(F)cc1. The van der Waals surface area contributed by atoms with E-state index < -0.39 is 29.8 Å². The molecule has 0 spiro atoms. The zero-order chi connectivity index (χ0) is 19.8. The summed E-state index contributed by atoms with van der Waals surface area (Å²) in [6.45, 7) is 1.56. The van der Waals surface area contributed by atoms with Crippen molar-refractivity contribution in [2.45, 2.75) is 25.5 Å². The first-order chi connectivity index (χ1) is 12.9. The van der Waals surface area contributed by atoms with Gasteiger partial charge in [0.1, 0.15) is 11.6 Å². The van der Waals surface area contributed by atoms with Crippen molar-refractivity contribution in [1.29, 1.82) is 5.26 Å². The van der Waals surface area contributed by atoms with Crippen LogP contribution in [0.15, 0.2) is 48.5 Å². The Hall–Kier alpha value is -3.40. The number of amides is 1. The normalized spacial score (nSPS) is 12.4. The molecular weight excluding hydrogens is 351 g/mol. The molecule has 6 nitrogen and oxygen atoms in total. The van der Waals surface area contributed by atoms with Gasteiger partial charge in [0.25, 0.3) is 5.91 Å². The second-order valence-electron chi connectivity index (χ2n) is 5.79. The Morgan fingerprint density at radius 1 is 1.15 bits per heavy atom. The first kappa shape index (κ1) is 19.9. The second kappa shape index (κ2) is 9.34. The summed E-state index contributed by atoms with van der Waals surface area (Å²) in [5.41, 5.74) is 1.05. The Morgan fingerprint density at radius 2 is 1.78 bits per heavy atom. The molecule has 0 fully saturated rings. The molecule has 0 bridgehead atoms. The number of nitriles is 1. The van der Waals surface area contributed by atoms with E-state index in [1.54, 1.807) is 31.2 Å². The van der Waals surface area contributed by atoms with E-state index in [1.165, 1.54) is 31.4 Å². The third-order valence-electron chi connectivity index (χ3n) is 3.85. The summed E-state index contributed by atoms with van der Waals surface area (Å²) in [6, 6.07) is 13.2. The quantitative estimate of drug-likeness (QED) is 0.757. The van der Waals surface area contributed by atoms with Crippen LogP contribution in [0.5, 0.6) is 5.75 Å². The van der Waals surface area contributed by atoms with Crippen molar-refractivity contribution < 1.29 is 23.5 Å². The predicted octanol–water partition coefficient (Wildman–Crippen LogP) is 2.89. The van der Waals surface area contributed by atoms with Crippen molar-refractivity contribution >= 4 is 11.9 Å². The molecule has 7 heteroatoms. The van der Waals surface area contributed by atoms with Crippen molar-refractivity contribution in [3.8, 4) is 11.8 Å². The highest BCUT2D eigenvalue weighted by Crippen LogP contribution is 2.19. The number of halogens is 1. The molecule has 0 saturated heterocycles. The van der Waals surface area contributed by atoms with Gasteiger partial charge < -0.3 is 14.8 Å². The van der Waals surface area contributed by atoms with Crippen LogP contribution in [0.3, 0.4) is 0 Å². The van der Waals surface area contributed by atoms with Gasteiger partial charge in [-0.15, -0.1) is 0 Å². The number of carbonyl (C=O) groups excluding carboxylic acids is 2. The number of ether oxygens (including phenoxy) is 2. The maximum Gasteiger partial charge on any atom is 0.307 e. The minimum absolute atomic E-state index is 0.0997. The van der Waals surface area contributed by atoms with E-state index in [2.05, 4.69) is 10.1 Å². The van der Waals surface area contributed by atoms with Crippen LogP contribution in [0, 0.1) is 17.1 Å². The molecule has 27 heavy (non-hydrogen) atoms. The fourth-order valence-corrected chi connectivity index (χ4v) is 2.35. The van der Waals surface area contributed by atoms with Gasteiger partial charge in [-0.2, -0.15) is 5.26 Å². The van der Waals surface area contributed by atoms with Gasteiger partial charge >= 0.3 is 5.97 Å². The van der Waals surface area contributed by atoms with Gasteiger partial charge in [-0.3, -0.25) is 9.59 Å². The number of nitrogens with one attached hydrogen (secondary N) is 1. The number of esters is 1. The summed E-state index contributed by atoms with van der Waals surface area (Å²) in [5.74, 6) is -0.940. The number of benzene rings is 2. The molecule has 1 N–H and O–H groups in total. The first-order valence-electron chi connectivity index (χ1n) is 8.22. The van der Waals surface area contributed by atoms with Gasteiger partial charge in [0.05, 0.1) is 31.2 Å². The second-order valence-corrected chi connectivity index (χ2v) is 5.79. The fourth-order valence-electron chi connectivity index (χ4n) is 2.35. The molecule has 2 aromatic carbocycles. The smallest absolute Gasteiger partial charge is 0.307 e. The Labute approximate surface area is 156 Å². The molecule has 2 atom stereocenters. The van der Waals surface area contributed by atoms with E-state index in [0.29, 0.717) is 16.9 Å². The lowest BCUT2D eigenvalue weighted by molar-refractivity contribution is -0.141. The Balaban J connectivity index is 2.07. The summed E-state index contributed by atoms with van der Waals surface area (Å²) >= 11 is 0. The van der Waals surface area contributed by atoms with E-state index in [0.717, 1.165) is 0 Å². The highest BCUT2D eigenvalue weighted by atomic mass is 19.1. The molecule has 140 valence electrons. The lowest BCUT2D eigenvalue weighted by atomic mass is 10.0. The zero-order valence-electron chi connectivity index (χ0n) is 14.9. The minimum atomic E-state index is -0.849. The maximum atomic E-state index is 13.1. The maximum absolute atomic E-state index is 13.1. The summed E-state index contributed by atoms with van der Waals surface area (Å²) < 4.78 is 23.4. The molecule has 0 radical (unpaired) electrons. The molecule has 0 aromatic heterocycles. The zero-order valence-corrected chi connectivity index (χ0v) is 14.9. The lowest BCUT2D eigenvalue weighted by Gasteiger charge is -2.21. The first-order valence-corrected chi connectivity index (χ1v) is 8.22. The number of hydrogen-bond acceptors (Lipinski definition) is 5. The highest BCUT2D eigenvalue weighted by Gasteiger charge is 2.23. The topological polar surface area (TPSA) is 88.4 Å². The van der Waals surface area contributed by atoms with Crippen LogP contribution in [0.2, 0.25) is 0 Å². The van der Waals surface area contributed by atoms with E-state index in [9.17, 15) is 14.0 Å². The standard InChI is InChI=1S/C20H19FN2O4/c1-13(27-17-9-3-14(12-22)4-10-17)20(25)23-18(11-19(24)26-2)15-5-7-16(21)8-6-15/h3-10,13,18H,11H2,1-2H3,(H,23,25)/t13-,18+/m1/s1. The van der Waals surface area contributed by atoms with Crippen molar-refractivity contribution in [3.05, 3.63) is 65.5 Å². The Kier molecular flexibility index (Phi) is 6.89. The third kappa shape index (κ3) is 5.82. The van der Waals surface area contributed by atoms with Gasteiger partial charge in [0.2, 0.25) is 0 Å². The average molecular weight is 370 g/mol. The van der Waals surface area contributed by atoms with Crippen molar-refractivity contribution in [1.82, 2.24) is 5.32 Å². The van der Waals surface area contributed by atoms with Crippen LogP contribution in [0.4, 0.5) is 4.39 Å². The van der Waals surface area contributed by atoms with Crippen LogP contribution in [-0.2, 0) is 14.3 Å². The van der Waals surface area contributed by atoms with Gasteiger partial charge in [0.15, 0.2) is 6.10 Å². The third-order valence-corrected chi connectivity index (χ3v) is 3.85. The van der Waals surface area contributed by atoms with E-state index in [-0.39, 0.29) is 6.42 Å². The van der Waals surface area contributed by atoms with Gasteiger partial charge in [0, 0.05) is 0 Å². The molecule has 0 aliphatic carbocycles. The molecule has 0 saturated carbocycles. The van der Waals surface area contributed by atoms with Gasteiger partial charge in [-0.1, -0.05) is 12.1 Å². The molecule has 0 aliphatic rings. The van der Waals surface area contributed by atoms with Crippen LogP contribution < -0.4 is 10.1 Å². The largest absolute Gasteiger partial charge is 0.481 e. The lowest BCUT2D eigenvalue weighted by Crippen LogP contribution is -2.39. The Bertz CT molecular complexity index is 829. The predicted molar refractivity (Wildman–Crippen MR) is 95.2 cm³/mol. The number of methoxy groups -OCH3 is 1. The van der Waals surface area contributed by atoms with Crippen LogP contribution in [0.1, 0.15) is 30.5 Å². The molecular formula is C20H19FN2O4. The van der Waals surface area contributed by atoms with Crippen LogP contribution >= 0.6 is 0 Å². The van der Waals surface area contributed by atoms with Gasteiger partial charge in [-0.05, 0) is 48.9 Å². The average Bonchev–Trinajstić information content (AvgIpc) is 2.68. The minimum Gasteiger partial charge on any atom is -0.481 e. The van der Waals surface area contributed by atoms with Crippen molar-refractivity contribution in [3.63, 3.8) is 0 Å². The summed E-state index contributed by atoms with van der Waals surface area (Å²) in [5, 5.41) is 11.5. The molecule has 0 aliphatic heterocycles. The van der Waals surface area contributed by atoms with Gasteiger partial charge in [-0.25, -0.2) is 4.39 Å². The fraction of sp³-hybridized carbons (Fsp3) is 0.250. The summed E-state index contributed by atoms with van der Waals surface area (Å²) in [6.07, 6.45) is -0.948. The van der Waals surface area contributed by atoms with E-state index >= 15 is 0 Å². The Morgan fingerprint density at radius 3 is 2.33 bits per heavy atom. The van der Waals surface area contributed by atoms with E-state index in [1.807, 2.05) is 6.07 Å². The monoisotopic (exact) mass is 370 g/mol. The van der Waals surface area contributed by atoms with Crippen molar-refractivity contribution in [2.75, 3.05) is 7.11 Å². The molecule has 0 heterocycles. The molecule has 2 aromatic rings. The number of rotatable bonds is 7. The number of carbonyl (C=O) groups is 2. The highest BCUT2D eigenvalue weighted by molar-refractivity contribution is 5.82. The van der Waals surface area contributed by atoms with Crippen LogP contribution in [-0.4, -0.2) is 25.1 Å². The molecule has 0 unspecified atom stereocenters. The van der Waals surface area contributed by atoms with Crippen molar-refractivity contribution in [2.24, 2.45) is 0 Å². The summed E-state index contributed by atoms with van der Waals surface area (Å²) in [7, 11) is 1.25. The molecule has 1 amide bonds. The summed E-state index contributed by atoms with van der Waals surface area (Å²) in [4.78, 5) is 24.1. The number of nitrogens with zero attached hydrogens (tertiary/aromatic N) is 1. The number of hydrogen-bond donors (Lipinski definition) is 1. The van der Waals surface area contributed by atoms with Crippen LogP contribution in [0.25, 0.3) is 0 Å².